The number of ether oxygens (including phenoxy) is 2. The molecule has 3 aromatic rings. The van der Waals surface area contributed by atoms with Gasteiger partial charge < -0.3 is 20.1 Å². The fraction of sp³-hybridized carbons (Fsp3) is 0.433. The number of benzene rings is 2. The van der Waals surface area contributed by atoms with Gasteiger partial charge in [-0.05, 0) is 81.9 Å². The number of aromatic nitrogens is 2. The van der Waals surface area contributed by atoms with Crippen molar-refractivity contribution in [2.45, 2.75) is 51.1 Å². The molecule has 0 unspecified atom stereocenters. The molecule has 218 valence electrons. The summed E-state index contributed by atoms with van der Waals surface area (Å²) in [6.07, 6.45) is -1.10. The quantitative estimate of drug-likeness (QED) is 0.322. The molecule has 2 N–H and O–H groups in total. The second kappa shape index (κ2) is 11.6. The number of hydrogen-bond donors (Lipinski definition) is 2. The number of nitrogens with one attached hydrogen (secondary N) is 2. The number of amides is 1. The lowest BCUT2D eigenvalue weighted by atomic mass is 9.82. The fourth-order valence-electron chi connectivity index (χ4n) is 5.48. The molecule has 5 rings (SSSR count). The first-order chi connectivity index (χ1) is 19.6. The number of fused-ring (bicyclic) bond motifs is 1. The van der Waals surface area contributed by atoms with Gasteiger partial charge in [0.05, 0.1) is 29.5 Å². The van der Waals surface area contributed by atoms with Crippen molar-refractivity contribution >= 4 is 23.2 Å². The number of carbonyl (C=O) groups is 1. The lowest BCUT2D eigenvalue weighted by Gasteiger charge is -2.20. The average Bonchev–Trinajstić information content (AvgIpc) is 3.53. The summed E-state index contributed by atoms with van der Waals surface area (Å²) in [6.45, 7) is 7.19. The molecule has 0 bridgehead atoms. The minimum absolute atomic E-state index is 0.00764. The van der Waals surface area contributed by atoms with Crippen molar-refractivity contribution in [1.82, 2.24) is 14.9 Å². The highest BCUT2D eigenvalue weighted by molar-refractivity contribution is 6.06. The molecule has 8 nitrogen and oxygen atoms in total. The van der Waals surface area contributed by atoms with Crippen LogP contribution >= 0.6 is 0 Å². The number of alkyl halides is 3. The van der Waals surface area contributed by atoms with Crippen LogP contribution in [0.3, 0.4) is 0 Å². The van der Waals surface area contributed by atoms with Crippen LogP contribution < -0.4 is 20.1 Å². The first-order valence-electron chi connectivity index (χ1n) is 13.7. The molecule has 1 amide bonds. The normalized spacial score (nSPS) is 16.4. The van der Waals surface area contributed by atoms with Gasteiger partial charge in [0.1, 0.15) is 18.1 Å². The number of hydrogen-bond acceptors (Lipinski definition) is 7. The molecule has 0 radical (unpaired) electrons. The molecule has 0 atom stereocenters. The maximum Gasteiger partial charge on any atom is 0.419 e. The van der Waals surface area contributed by atoms with Crippen molar-refractivity contribution in [3.8, 4) is 11.5 Å². The molecule has 2 aromatic carbocycles. The Morgan fingerprint density at radius 3 is 2.63 bits per heavy atom. The van der Waals surface area contributed by atoms with Gasteiger partial charge >= 0.3 is 6.18 Å². The van der Waals surface area contributed by atoms with Crippen molar-refractivity contribution < 1.29 is 27.4 Å². The zero-order valence-electron chi connectivity index (χ0n) is 23.4. The molecule has 2 aliphatic heterocycles. The number of rotatable bonds is 10. The van der Waals surface area contributed by atoms with Crippen LogP contribution in [0.2, 0.25) is 0 Å². The monoisotopic (exact) mass is 569 g/mol. The Hall–Kier alpha value is -3.86. The van der Waals surface area contributed by atoms with Gasteiger partial charge in [0, 0.05) is 24.5 Å². The Labute approximate surface area is 237 Å². The zero-order chi connectivity index (χ0) is 29.2. The minimum Gasteiger partial charge on any atom is -0.494 e. The Kier molecular flexibility index (Phi) is 8.08. The topological polar surface area (TPSA) is 88.6 Å². The third-order valence-electron chi connectivity index (χ3n) is 7.69. The summed E-state index contributed by atoms with van der Waals surface area (Å²) in [7, 11) is 1.51. The highest BCUT2D eigenvalue weighted by Gasteiger charge is 2.40. The van der Waals surface area contributed by atoms with Gasteiger partial charge in [-0.2, -0.15) is 13.2 Å². The number of likely N-dealkylation sites (tertiary alicyclic amines) is 1. The molecule has 1 aromatic heterocycles. The molecule has 1 fully saturated rings. The third-order valence-corrected chi connectivity index (χ3v) is 7.69. The number of methoxy groups -OCH3 is 1. The molecule has 1 saturated heterocycles. The summed E-state index contributed by atoms with van der Waals surface area (Å²) < 4.78 is 53.1. The van der Waals surface area contributed by atoms with E-state index in [0.717, 1.165) is 37.0 Å². The van der Waals surface area contributed by atoms with Crippen molar-refractivity contribution in [3.05, 3.63) is 65.0 Å². The lowest BCUT2D eigenvalue weighted by Crippen LogP contribution is -2.27. The van der Waals surface area contributed by atoms with Crippen LogP contribution in [-0.4, -0.2) is 54.1 Å². The molecule has 0 saturated carbocycles. The Morgan fingerprint density at radius 2 is 1.90 bits per heavy atom. The van der Waals surface area contributed by atoms with E-state index >= 15 is 0 Å². The van der Waals surface area contributed by atoms with E-state index in [4.69, 9.17) is 9.47 Å². The average molecular weight is 570 g/mol. The van der Waals surface area contributed by atoms with E-state index in [2.05, 4.69) is 25.5 Å². The van der Waals surface area contributed by atoms with E-state index < -0.39 is 17.2 Å². The first kappa shape index (κ1) is 28.7. The van der Waals surface area contributed by atoms with Crippen molar-refractivity contribution in [1.29, 1.82) is 0 Å². The largest absolute Gasteiger partial charge is 0.494 e. The van der Waals surface area contributed by atoms with Gasteiger partial charge in [-0.15, -0.1) is 0 Å². The van der Waals surface area contributed by atoms with Gasteiger partial charge in [0.15, 0.2) is 0 Å². The Bertz CT molecular complexity index is 1420. The molecule has 11 heteroatoms. The summed E-state index contributed by atoms with van der Waals surface area (Å²) in [5.41, 5.74) is 0.984. The van der Waals surface area contributed by atoms with Crippen LogP contribution in [0, 0.1) is 0 Å². The SMILES string of the molecule is COc1cc(OCCN2CCCC2)ccc1Nc1ncc(C(F)(F)F)c(CCc2cccc3c2C(C)(C)C(=O)N3)n1. The number of carbonyl (C=O) groups excluding carboxylic acids is 1. The van der Waals surface area contributed by atoms with E-state index in [1.54, 1.807) is 30.3 Å². The summed E-state index contributed by atoms with van der Waals surface area (Å²) in [5, 5.41) is 5.86. The van der Waals surface area contributed by atoms with E-state index in [9.17, 15) is 18.0 Å². The fourth-order valence-corrected chi connectivity index (χ4v) is 5.48. The molecular weight excluding hydrogens is 535 g/mol. The maximum absolute atomic E-state index is 13.9. The van der Waals surface area contributed by atoms with Gasteiger partial charge in [0.25, 0.3) is 0 Å². The van der Waals surface area contributed by atoms with Crippen molar-refractivity contribution in [2.24, 2.45) is 0 Å². The van der Waals surface area contributed by atoms with Crippen LogP contribution in [0.1, 0.15) is 49.1 Å². The van der Waals surface area contributed by atoms with Gasteiger partial charge in [0.2, 0.25) is 11.9 Å². The minimum atomic E-state index is -4.62. The van der Waals surface area contributed by atoms with Crippen LogP contribution in [0.4, 0.5) is 30.5 Å². The number of halogens is 3. The molecule has 3 heterocycles. The highest BCUT2D eigenvalue weighted by Crippen LogP contribution is 2.40. The predicted octanol–water partition coefficient (Wildman–Crippen LogP) is 5.74. The first-order valence-corrected chi connectivity index (χ1v) is 13.7. The lowest BCUT2D eigenvalue weighted by molar-refractivity contribution is -0.138. The maximum atomic E-state index is 13.9. The molecular formula is C30H34F3N5O3. The van der Waals surface area contributed by atoms with E-state index in [1.807, 2.05) is 19.9 Å². The van der Waals surface area contributed by atoms with E-state index in [1.165, 1.54) is 20.0 Å². The second-order valence-corrected chi connectivity index (χ2v) is 10.9. The molecule has 41 heavy (non-hydrogen) atoms. The van der Waals surface area contributed by atoms with Gasteiger partial charge in [-0.3, -0.25) is 9.69 Å². The molecule has 0 aliphatic carbocycles. The predicted molar refractivity (Wildman–Crippen MR) is 150 cm³/mol. The second-order valence-electron chi connectivity index (χ2n) is 10.9. The Morgan fingerprint density at radius 1 is 1.12 bits per heavy atom. The van der Waals surface area contributed by atoms with E-state index in [0.29, 0.717) is 29.5 Å². The smallest absolute Gasteiger partial charge is 0.419 e. The van der Waals surface area contributed by atoms with Crippen LogP contribution in [-0.2, 0) is 29.2 Å². The van der Waals surface area contributed by atoms with Crippen LogP contribution in [0.15, 0.2) is 42.6 Å². The highest BCUT2D eigenvalue weighted by atomic mass is 19.4. The van der Waals surface area contributed by atoms with Gasteiger partial charge in [-0.1, -0.05) is 12.1 Å². The summed E-state index contributed by atoms with van der Waals surface area (Å²) >= 11 is 0. The molecule has 0 spiro atoms. The summed E-state index contributed by atoms with van der Waals surface area (Å²) in [6, 6.07) is 10.7. The third kappa shape index (κ3) is 6.24. The number of aryl methyl sites for hydroxylation is 2. The number of nitrogens with zero attached hydrogens (tertiary/aromatic N) is 3. The standard InChI is InChI=1S/C30H34F3N5O3/c1-29(2)26-19(7-6-8-24(26)35-27(29)39)9-11-22-21(30(31,32)33)18-34-28(36-22)37-23-12-10-20(17-25(23)40-3)41-16-15-38-13-4-5-14-38/h6-8,10,12,17-18H,4-5,9,11,13-16H2,1-3H3,(H,35,39)(H,34,36,37). The number of anilines is 3. The van der Waals surface area contributed by atoms with Crippen molar-refractivity contribution in [2.75, 3.05) is 44.0 Å². The summed E-state index contributed by atoms with van der Waals surface area (Å²) in [5.74, 6) is 0.964. The van der Waals surface area contributed by atoms with Gasteiger partial charge in [-0.25, -0.2) is 9.97 Å². The van der Waals surface area contributed by atoms with E-state index in [-0.39, 0.29) is 30.4 Å². The van der Waals surface area contributed by atoms with Crippen LogP contribution in [0.25, 0.3) is 0 Å². The summed E-state index contributed by atoms with van der Waals surface area (Å²) in [4.78, 5) is 23.0. The molecule has 2 aliphatic rings. The zero-order valence-corrected chi connectivity index (χ0v) is 23.4. The van der Waals surface area contributed by atoms with Crippen LogP contribution in [0.5, 0.6) is 11.5 Å². The van der Waals surface area contributed by atoms with Crippen molar-refractivity contribution in [3.63, 3.8) is 0 Å². The Balaban J connectivity index is 1.33.